The third-order valence-corrected chi connectivity index (χ3v) is 11.7. The van der Waals surface area contributed by atoms with Gasteiger partial charge in [0.15, 0.2) is 0 Å². The Bertz CT molecular complexity index is 1010. The lowest BCUT2D eigenvalue weighted by molar-refractivity contribution is -0.133. The molecule has 0 radical (unpaired) electrons. The van der Waals surface area contributed by atoms with E-state index in [1.807, 2.05) is 27.8 Å². The molecule has 46 heavy (non-hydrogen) atoms. The molecule has 4 N–H and O–H groups in total. The second kappa shape index (κ2) is 19.2. The molecule has 1 amide bonds. The van der Waals surface area contributed by atoms with Crippen molar-refractivity contribution < 1.29 is 9.90 Å². The summed E-state index contributed by atoms with van der Waals surface area (Å²) in [7, 11) is 3.37. The van der Waals surface area contributed by atoms with Crippen LogP contribution < -0.4 is 16.0 Å². The van der Waals surface area contributed by atoms with Gasteiger partial charge in [0.05, 0.1) is 12.3 Å². The smallest absolute Gasteiger partial charge is 0.250 e. The maximum absolute atomic E-state index is 13.7. The van der Waals surface area contributed by atoms with Gasteiger partial charge in [-0.2, -0.15) is 0 Å². The molecule has 2 saturated heterocycles. The van der Waals surface area contributed by atoms with Crippen LogP contribution in [-0.2, 0) is 4.79 Å². The molecule has 7 nitrogen and oxygen atoms in total. The van der Waals surface area contributed by atoms with E-state index in [1.165, 1.54) is 45.0 Å². The number of nitrogens with one attached hydrogen (secondary N) is 1. The first kappa shape index (κ1) is 40.2. The van der Waals surface area contributed by atoms with Crippen LogP contribution in [0.5, 0.6) is 0 Å². The third kappa shape index (κ3) is 9.36. The summed E-state index contributed by atoms with van der Waals surface area (Å²) >= 11 is 0. The van der Waals surface area contributed by atoms with Crippen LogP contribution in [0.3, 0.4) is 0 Å². The molecule has 3 aliphatic carbocycles. The molecular formula is C39H71N5O2. The molecule has 2 heterocycles. The van der Waals surface area contributed by atoms with Gasteiger partial charge in [-0.15, -0.1) is 6.58 Å². The Hall–Kier alpha value is -1.93. The van der Waals surface area contributed by atoms with Crippen molar-refractivity contribution in [3.8, 4) is 0 Å². The second-order valence-corrected chi connectivity index (χ2v) is 14.2. The molecule has 2 aliphatic heterocycles. The molecule has 2 bridgehead atoms. The number of fused-ring (bicyclic) bond motifs is 2. The molecule has 6 rings (SSSR count). The van der Waals surface area contributed by atoms with Gasteiger partial charge in [0, 0.05) is 25.3 Å². The van der Waals surface area contributed by atoms with Crippen LogP contribution in [0.1, 0.15) is 106 Å². The predicted octanol–water partition coefficient (Wildman–Crippen LogP) is 6.91. The highest BCUT2D eigenvalue weighted by atomic mass is 16.3. The molecule has 5 fully saturated rings. The molecular weight excluding hydrogens is 570 g/mol. The standard InChI is InChI=1S/C28H43N3O.C8H17NO.C2H6.CH5N/c1-4-5-16-30-21-31(24-9-7-6-8-10-24)28(26(30)32)14-18-29(19-15-28)17-13-22-11-12-23-20-25(22)27(23,2)3;1-4-8(10,5-2)6-7-9-3;2*1-2/h6-10,22-23,25H,4-5,11-21H2,1-3H3;4,9-10H,1,5-7H2,2-3H3;1-2H3;2H2,1H3. The Morgan fingerprint density at radius 3 is 2.26 bits per heavy atom. The molecule has 264 valence electrons. The topological polar surface area (TPSA) is 85.1 Å². The summed E-state index contributed by atoms with van der Waals surface area (Å²) in [5.41, 5.74) is 5.29. The normalized spacial score (nSPS) is 25.5. The van der Waals surface area contributed by atoms with E-state index in [9.17, 15) is 9.90 Å². The molecule has 0 aromatic heterocycles. The zero-order valence-electron chi connectivity index (χ0n) is 31.0. The molecule has 7 heteroatoms. The van der Waals surface area contributed by atoms with Crippen molar-refractivity contribution in [2.45, 2.75) is 117 Å². The Kier molecular flexibility index (Phi) is 16.8. The second-order valence-electron chi connectivity index (χ2n) is 14.2. The lowest BCUT2D eigenvalue weighted by Crippen LogP contribution is -2.57. The number of carbonyl (C=O) groups excluding carboxylic acids is 1. The number of anilines is 1. The van der Waals surface area contributed by atoms with Crippen LogP contribution >= 0.6 is 0 Å². The fourth-order valence-corrected chi connectivity index (χ4v) is 8.29. The maximum Gasteiger partial charge on any atom is 0.250 e. The van der Waals surface area contributed by atoms with Crippen molar-refractivity contribution in [2.24, 2.45) is 28.9 Å². The van der Waals surface area contributed by atoms with Crippen molar-refractivity contribution in [2.75, 3.05) is 58.4 Å². The summed E-state index contributed by atoms with van der Waals surface area (Å²) < 4.78 is 0. The predicted molar refractivity (Wildman–Crippen MR) is 197 cm³/mol. The summed E-state index contributed by atoms with van der Waals surface area (Å²) in [6.45, 7) is 22.6. The molecule has 1 aromatic rings. The van der Waals surface area contributed by atoms with Gasteiger partial charge in [0.25, 0.3) is 0 Å². The van der Waals surface area contributed by atoms with Crippen molar-refractivity contribution in [3.05, 3.63) is 43.0 Å². The molecule has 1 spiro atoms. The van der Waals surface area contributed by atoms with Gasteiger partial charge in [0.2, 0.25) is 5.91 Å². The minimum Gasteiger partial charge on any atom is -0.386 e. The highest BCUT2D eigenvalue weighted by Crippen LogP contribution is 2.62. The number of hydrogen-bond donors (Lipinski definition) is 3. The number of nitrogens with zero attached hydrogens (tertiary/aromatic N) is 3. The summed E-state index contributed by atoms with van der Waals surface area (Å²) in [5.74, 6) is 3.24. The van der Waals surface area contributed by atoms with Crippen LogP contribution in [0.2, 0.25) is 0 Å². The lowest BCUT2D eigenvalue weighted by Gasteiger charge is -2.60. The van der Waals surface area contributed by atoms with E-state index in [1.54, 1.807) is 6.08 Å². The molecule has 3 saturated carbocycles. The number of likely N-dealkylation sites (tertiary alicyclic amines) is 1. The van der Waals surface area contributed by atoms with E-state index in [4.69, 9.17) is 0 Å². The summed E-state index contributed by atoms with van der Waals surface area (Å²) in [6, 6.07) is 10.6. The van der Waals surface area contributed by atoms with E-state index in [-0.39, 0.29) is 5.54 Å². The fraction of sp³-hybridized carbons (Fsp3) is 0.769. The average molecular weight is 642 g/mol. The van der Waals surface area contributed by atoms with Crippen LogP contribution in [-0.4, -0.2) is 85.4 Å². The Morgan fingerprint density at radius 2 is 1.74 bits per heavy atom. The first-order valence-corrected chi connectivity index (χ1v) is 18.6. The fourth-order valence-electron chi connectivity index (χ4n) is 8.29. The largest absolute Gasteiger partial charge is 0.386 e. The quantitative estimate of drug-likeness (QED) is 0.215. The van der Waals surface area contributed by atoms with Crippen molar-refractivity contribution >= 4 is 11.6 Å². The summed E-state index contributed by atoms with van der Waals surface area (Å²) in [5, 5.41) is 12.6. The van der Waals surface area contributed by atoms with Crippen molar-refractivity contribution in [1.82, 2.24) is 15.1 Å². The zero-order valence-corrected chi connectivity index (χ0v) is 31.0. The highest BCUT2D eigenvalue weighted by Gasteiger charge is 2.55. The highest BCUT2D eigenvalue weighted by molar-refractivity contribution is 5.93. The Morgan fingerprint density at radius 1 is 1.09 bits per heavy atom. The number of piperidine rings is 1. The van der Waals surface area contributed by atoms with Crippen LogP contribution in [0.25, 0.3) is 0 Å². The molecule has 4 atom stereocenters. The van der Waals surface area contributed by atoms with Gasteiger partial charge in [-0.1, -0.05) is 72.2 Å². The van der Waals surface area contributed by atoms with E-state index >= 15 is 0 Å². The number of amides is 1. The van der Waals surface area contributed by atoms with Crippen LogP contribution in [0.4, 0.5) is 5.69 Å². The maximum atomic E-state index is 13.7. The van der Waals surface area contributed by atoms with Crippen molar-refractivity contribution in [3.63, 3.8) is 0 Å². The average Bonchev–Trinajstić information content (AvgIpc) is 3.38. The molecule has 1 aromatic carbocycles. The van der Waals surface area contributed by atoms with Gasteiger partial charge in [0.1, 0.15) is 5.54 Å². The van der Waals surface area contributed by atoms with Gasteiger partial charge in [-0.05, 0) is 120 Å². The molecule has 5 aliphatic rings. The zero-order chi connectivity index (χ0) is 34.4. The van der Waals surface area contributed by atoms with E-state index in [2.05, 4.69) is 83.4 Å². The molecule has 4 unspecified atom stereocenters. The number of nitrogens with two attached hydrogens (primary N) is 1. The van der Waals surface area contributed by atoms with Crippen LogP contribution in [0.15, 0.2) is 43.0 Å². The Balaban J connectivity index is 0.000000449. The lowest BCUT2D eigenvalue weighted by atomic mass is 9.45. The van der Waals surface area contributed by atoms with Crippen LogP contribution in [0, 0.1) is 23.2 Å². The van der Waals surface area contributed by atoms with E-state index < -0.39 is 5.60 Å². The van der Waals surface area contributed by atoms with E-state index in [0.717, 1.165) is 89.1 Å². The van der Waals surface area contributed by atoms with Gasteiger partial charge in [-0.3, -0.25) is 4.79 Å². The number of benzene rings is 1. The Labute approximate surface area is 283 Å². The number of hydrogen-bond acceptors (Lipinski definition) is 6. The minimum atomic E-state index is -0.664. The van der Waals surface area contributed by atoms with Gasteiger partial charge >= 0.3 is 0 Å². The number of aliphatic hydroxyl groups is 1. The number of rotatable bonds is 12. The number of para-hydroxylation sites is 1. The SMILES string of the molecule is C=CC(O)(CC)CCNC.CC.CCCCN1CN(c2ccccc2)C2(CCN(CCC3CCC4CC3C4(C)C)CC2)C1=O.CN. The number of carbonyl (C=O) groups is 1. The van der Waals surface area contributed by atoms with Gasteiger partial charge in [-0.25, -0.2) is 0 Å². The number of unbranched alkanes of at least 4 members (excludes halogenated alkanes) is 1. The first-order chi connectivity index (χ1) is 22.1. The minimum absolute atomic E-state index is 0.334. The van der Waals surface area contributed by atoms with E-state index in [0.29, 0.717) is 11.3 Å². The first-order valence-electron chi connectivity index (χ1n) is 18.6. The van der Waals surface area contributed by atoms with Crippen molar-refractivity contribution in [1.29, 1.82) is 0 Å². The summed E-state index contributed by atoms with van der Waals surface area (Å²) in [4.78, 5) is 20.9. The third-order valence-electron chi connectivity index (χ3n) is 11.7. The van der Waals surface area contributed by atoms with Gasteiger partial charge < -0.3 is 30.9 Å². The summed E-state index contributed by atoms with van der Waals surface area (Å²) in [6.07, 6.45) is 13.0. The monoisotopic (exact) mass is 642 g/mol.